The molecule has 0 aromatic heterocycles. The van der Waals surface area contributed by atoms with E-state index in [2.05, 4.69) is 103 Å². The van der Waals surface area contributed by atoms with Gasteiger partial charge < -0.3 is 47.7 Å². The van der Waals surface area contributed by atoms with E-state index < -0.39 is 12.6 Å². The average molecular weight is 768 g/mol. The van der Waals surface area contributed by atoms with Crippen LogP contribution in [0, 0.1) is 89.3 Å². The molecular weight excluding hydrogens is 688 g/mol. The van der Waals surface area contributed by atoms with Crippen LogP contribution in [0.25, 0.3) is 0 Å². The van der Waals surface area contributed by atoms with Crippen LogP contribution in [0.3, 0.4) is 0 Å². The van der Waals surface area contributed by atoms with Crippen LogP contribution in [-0.2, 0) is 42.6 Å². The van der Waals surface area contributed by atoms with E-state index in [1.165, 1.54) is 0 Å². The quantitative estimate of drug-likeness (QED) is 0.212. The molecule has 1 radical (unpaired) electrons. The fraction of sp³-hybridized carbons (Fsp3) is 0.977. The Morgan fingerprint density at radius 1 is 0.389 bits per heavy atom. The van der Waals surface area contributed by atoms with Gasteiger partial charge in [0.25, 0.3) is 0 Å². The Balaban J connectivity index is 1.19. The summed E-state index contributed by atoms with van der Waals surface area (Å²) in [5, 5.41) is 11.0. The highest BCUT2D eigenvalue weighted by Gasteiger charge is 2.47. The normalized spacial score (nSPS) is 53.3. The smallest absolute Gasteiger partial charge is 0.160 e. The Morgan fingerprint density at radius 2 is 0.870 bits per heavy atom. The molecule has 0 spiro atoms. The molecule has 5 heterocycles. The molecule has 0 aromatic carbocycles. The molecule has 0 bridgehead atoms. The number of hydrogen-bond donors (Lipinski definition) is 1. The Bertz CT molecular complexity index is 1140. The van der Waals surface area contributed by atoms with E-state index in [-0.39, 0.29) is 84.9 Å². The highest BCUT2D eigenvalue weighted by molar-refractivity contribution is 4.91. The van der Waals surface area contributed by atoms with Crippen molar-refractivity contribution < 1.29 is 47.7 Å². The van der Waals surface area contributed by atoms with Gasteiger partial charge in [-0.1, -0.05) is 83.1 Å². The highest BCUT2D eigenvalue weighted by Crippen LogP contribution is 2.42. The fourth-order valence-corrected chi connectivity index (χ4v) is 9.68. The summed E-state index contributed by atoms with van der Waals surface area (Å²) < 4.78 is 58.3. The van der Waals surface area contributed by atoms with Crippen molar-refractivity contribution in [3.63, 3.8) is 0 Å². The van der Waals surface area contributed by atoms with Gasteiger partial charge in [-0.2, -0.15) is 0 Å². The summed E-state index contributed by atoms with van der Waals surface area (Å²) in [6.45, 7) is 34.8. The first-order chi connectivity index (χ1) is 25.4. The van der Waals surface area contributed by atoms with Gasteiger partial charge in [0.05, 0.1) is 56.9 Å². The zero-order valence-corrected chi connectivity index (χ0v) is 36.4. The lowest BCUT2D eigenvalue weighted by molar-refractivity contribution is -0.307. The zero-order valence-electron chi connectivity index (χ0n) is 36.4. The van der Waals surface area contributed by atoms with Gasteiger partial charge in [0, 0.05) is 35.5 Å². The van der Waals surface area contributed by atoms with Gasteiger partial charge >= 0.3 is 0 Å². The van der Waals surface area contributed by atoms with Gasteiger partial charge in [-0.3, -0.25) is 0 Å². The fourth-order valence-electron chi connectivity index (χ4n) is 9.68. The summed E-state index contributed by atoms with van der Waals surface area (Å²) in [7, 11) is 0. The maximum absolute atomic E-state index is 11.0. The van der Waals surface area contributed by atoms with Crippen LogP contribution in [-0.4, -0.2) is 93.5 Å². The third-order valence-corrected chi connectivity index (χ3v) is 15.7. The van der Waals surface area contributed by atoms with E-state index >= 15 is 0 Å². The molecule has 5 aliphatic heterocycles. The molecule has 0 saturated carbocycles. The predicted octanol–water partition coefficient (Wildman–Crippen LogP) is 7.80. The zero-order chi connectivity index (χ0) is 39.8. The van der Waals surface area contributed by atoms with Crippen LogP contribution in [0.4, 0.5) is 0 Å². The first-order valence-electron chi connectivity index (χ1n) is 21.7. The Kier molecular flexibility index (Phi) is 15.8. The minimum absolute atomic E-state index is 0.00930. The molecule has 10 heteroatoms. The molecule has 54 heavy (non-hydrogen) atoms. The van der Waals surface area contributed by atoms with Crippen molar-refractivity contribution in [3.05, 3.63) is 6.42 Å². The van der Waals surface area contributed by atoms with Crippen molar-refractivity contribution in [1.29, 1.82) is 0 Å². The number of hydrogen-bond acceptors (Lipinski definition) is 10. The van der Waals surface area contributed by atoms with E-state index in [9.17, 15) is 5.11 Å². The minimum Gasteiger partial charge on any atom is -0.368 e. The van der Waals surface area contributed by atoms with Crippen molar-refractivity contribution in [1.82, 2.24) is 0 Å². The van der Waals surface area contributed by atoms with Gasteiger partial charge in [-0.05, 0) is 74.5 Å². The second kappa shape index (κ2) is 19.1. The highest BCUT2D eigenvalue weighted by atomic mass is 16.7. The summed E-state index contributed by atoms with van der Waals surface area (Å²) in [6.07, 6.45) is -0.127. The lowest BCUT2D eigenvalue weighted by Crippen LogP contribution is -2.53. The predicted molar refractivity (Wildman–Crippen MR) is 208 cm³/mol. The minimum atomic E-state index is -0.876. The van der Waals surface area contributed by atoms with Gasteiger partial charge in [-0.25, -0.2) is 0 Å². The maximum atomic E-state index is 11.0. The second-order valence-corrected chi connectivity index (χ2v) is 18.9. The monoisotopic (exact) mass is 768 g/mol. The van der Waals surface area contributed by atoms with Gasteiger partial charge in [0.15, 0.2) is 31.5 Å². The molecule has 5 fully saturated rings. The van der Waals surface area contributed by atoms with E-state index in [4.69, 9.17) is 42.6 Å². The number of aliphatic hydroxyl groups excluding tert-OH is 1. The van der Waals surface area contributed by atoms with Crippen molar-refractivity contribution in [2.75, 3.05) is 26.4 Å². The van der Waals surface area contributed by atoms with Crippen LogP contribution in [0.5, 0.6) is 0 Å². The van der Waals surface area contributed by atoms with Crippen LogP contribution in [0.15, 0.2) is 0 Å². The van der Waals surface area contributed by atoms with Crippen LogP contribution in [0.1, 0.15) is 104 Å². The molecule has 0 amide bonds. The first-order valence-corrected chi connectivity index (χ1v) is 21.7. The number of rotatable bonds is 12. The summed E-state index contributed by atoms with van der Waals surface area (Å²) in [5.74, 6) is 3.62. The third kappa shape index (κ3) is 9.89. The molecule has 315 valence electrons. The van der Waals surface area contributed by atoms with Crippen LogP contribution >= 0.6 is 0 Å². The summed E-state index contributed by atoms with van der Waals surface area (Å²) in [5.41, 5.74) is 0. The number of ether oxygens (including phenoxy) is 9. The summed E-state index contributed by atoms with van der Waals surface area (Å²) in [6, 6.07) is 0. The average Bonchev–Trinajstić information content (AvgIpc) is 3.13. The summed E-state index contributed by atoms with van der Waals surface area (Å²) in [4.78, 5) is 0. The lowest BCUT2D eigenvalue weighted by Gasteiger charge is -2.47. The second-order valence-electron chi connectivity index (χ2n) is 18.9. The standard InChI is InChI=1S/C44H79O10/c1-21-16-22(2)50-41(23(21)3)46-17-36-32(12)35(15)52-44(33(36)13)47-18-37-27(7)29(9)40(45)53-39(37)20-49-43-31(11)25(5)28(8)38(54-43)19-48-42-30(10)24(4)26(6)34(14)51-42/h16,21-45H,17-20H2,1-15H3/t21-,22?,23?,24+,25+,26+,27-,28+,29?,30?,31?,32-,33?,34?,35?,36+,37+,38?,39?,40?,41+,42+,43+,44+/m0/s1. The number of aliphatic hydroxyl groups is 1. The largest absolute Gasteiger partial charge is 0.368 e. The van der Waals surface area contributed by atoms with E-state index in [1.54, 1.807) is 0 Å². The third-order valence-electron chi connectivity index (χ3n) is 15.7. The van der Waals surface area contributed by atoms with Gasteiger partial charge in [-0.15, -0.1) is 0 Å². The van der Waals surface area contributed by atoms with E-state index in [0.717, 1.165) is 0 Å². The van der Waals surface area contributed by atoms with Crippen molar-refractivity contribution >= 4 is 0 Å². The topological polar surface area (TPSA) is 103 Å². The van der Waals surface area contributed by atoms with Gasteiger partial charge in [0.2, 0.25) is 0 Å². The molecule has 5 rings (SSSR count). The van der Waals surface area contributed by atoms with Gasteiger partial charge in [0.1, 0.15) is 0 Å². The molecule has 5 aliphatic rings. The molecule has 1 N–H and O–H groups in total. The Morgan fingerprint density at radius 3 is 1.50 bits per heavy atom. The Hall–Kier alpha value is -0.400. The summed E-state index contributed by atoms with van der Waals surface area (Å²) >= 11 is 0. The molecule has 11 unspecified atom stereocenters. The SMILES string of the molecule is CC1[CH][C@H](C)C(C)[C@H](OC[C@H]2C(C)[C@H](OC[C@H]3C(CO[C@@H]4OC(CO[C@@H]5OC(C)[C@H](C)[C@@H](C)C5C)[C@H](C)[C@@H](C)C4C)OC(O)C(C)[C@@H]3C)OC(C)[C@@H]2C)O1. The maximum Gasteiger partial charge on any atom is 0.160 e. The molecule has 0 aromatic rings. The molecule has 0 aliphatic carbocycles. The Labute approximate surface area is 328 Å². The lowest BCUT2D eigenvalue weighted by atomic mass is 9.77. The molecule has 10 nitrogen and oxygen atoms in total. The van der Waals surface area contributed by atoms with Crippen molar-refractivity contribution in [3.8, 4) is 0 Å². The van der Waals surface area contributed by atoms with E-state index in [0.29, 0.717) is 73.8 Å². The first kappa shape index (κ1) is 44.7. The molecular formula is C44H79O10. The van der Waals surface area contributed by atoms with Crippen LogP contribution < -0.4 is 0 Å². The van der Waals surface area contributed by atoms with Crippen molar-refractivity contribution in [2.24, 2.45) is 82.9 Å². The molecule has 5 saturated heterocycles. The molecule has 24 atom stereocenters. The van der Waals surface area contributed by atoms with E-state index in [1.807, 2.05) is 6.92 Å². The van der Waals surface area contributed by atoms with Crippen LogP contribution in [0.2, 0.25) is 0 Å². The van der Waals surface area contributed by atoms with Crippen molar-refractivity contribution in [2.45, 2.75) is 166 Å².